The highest BCUT2D eigenvalue weighted by Gasteiger charge is 2.11. The standard InChI is InChI=1S/C11H8N2O2/c1-2-9(14)11-13-7-10(15-11)8-5-3-4-6-12-8/h2-7H,1H2. The van der Waals surface area contributed by atoms with Gasteiger partial charge in [0.25, 0.3) is 5.89 Å². The van der Waals surface area contributed by atoms with Crippen molar-refractivity contribution in [3.05, 3.63) is 49.1 Å². The van der Waals surface area contributed by atoms with E-state index in [2.05, 4.69) is 16.5 Å². The minimum atomic E-state index is -0.336. The average molecular weight is 200 g/mol. The first-order chi connectivity index (χ1) is 7.31. The lowest BCUT2D eigenvalue weighted by atomic mass is 10.3. The monoisotopic (exact) mass is 200 g/mol. The fourth-order valence-corrected chi connectivity index (χ4v) is 1.10. The summed E-state index contributed by atoms with van der Waals surface area (Å²) in [6.07, 6.45) is 4.28. The van der Waals surface area contributed by atoms with Gasteiger partial charge in [-0.25, -0.2) is 4.98 Å². The van der Waals surface area contributed by atoms with E-state index in [0.717, 1.165) is 6.08 Å². The minimum Gasteiger partial charge on any atom is -0.432 e. The second-order valence-corrected chi connectivity index (χ2v) is 2.81. The van der Waals surface area contributed by atoms with E-state index in [-0.39, 0.29) is 11.7 Å². The zero-order valence-electron chi connectivity index (χ0n) is 7.88. The topological polar surface area (TPSA) is 56.0 Å². The Morgan fingerprint density at radius 2 is 2.27 bits per heavy atom. The zero-order valence-corrected chi connectivity index (χ0v) is 7.88. The normalized spacial score (nSPS) is 9.87. The van der Waals surface area contributed by atoms with Gasteiger partial charge in [-0.05, 0) is 18.2 Å². The van der Waals surface area contributed by atoms with Crippen LogP contribution in [0.3, 0.4) is 0 Å². The van der Waals surface area contributed by atoms with Gasteiger partial charge in [0.1, 0.15) is 5.69 Å². The molecule has 0 aliphatic rings. The quantitative estimate of drug-likeness (QED) is 0.562. The number of oxazole rings is 1. The smallest absolute Gasteiger partial charge is 0.268 e. The molecule has 2 aromatic rings. The van der Waals surface area contributed by atoms with E-state index in [1.807, 2.05) is 6.07 Å². The van der Waals surface area contributed by atoms with Crippen LogP contribution in [0.15, 0.2) is 47.7 Å². The maximum absolute atomic E-state index is 11.2. The molecular weight excluding hydrogens is 192 g/mol. The second-order valence-electron chi connectivity index (χ2n) is 2.81. The van der Waals surface area contributed by atoms with Crippen LogP contribution in [-0.2, 0) is 0 Å². The molecule has 0 bridgehead atoms. The maximum atomic E-state index is 11.2. The van der Waals surface area contributed by atoms with Gasteiger partial charge in [0, 0.05) is 6.20 Å². The molecule has 15 heavy (non-hydrogen) atoms. The Bertz CT molecular complexity index is 488. The predicted octanol–water partition coefficient (Wildman–Crippen LogP) is 2.11. The van der Waals surface area contributed by atoms with Crippen molar-refractivity contribution in [3.8, 4) is 11.5 Å². The summed E-state index contributed by atoms with van der Waals surface area (Å²) in [5.74, 6) is 0.170. The number of rotatable bonds is 3. The molecule has 0 amide bonds. The lowest BCUT2D eigenvalue weighted by molar-refractivity contribution is 0.101. The number of hydrogen-bond acceptors (Lipinski definition) is 4. The molecule has 4 heteroatoms. The molecule has 0 spiro atoms. The van der Waals surface area contributed by atoms with Crippen molar-refractivity contribution < 1.29 is 9.21 Å². The largest absolute Gasteiger partial charge is 0.432 e. The van der Waals surface area contributed by atoms with Gasteiger partial charge in [0.15, 0.2) is 5.76 Å². The van der Waals surface area contributed by atoms with Crippen LogP contribution in [0.5, 0.6) is 0 Å². The van der Waals surface area contributed by atoms with E-state index in [9.17, 15) is 4.79 Å². The maximum Gasteiger partial charge on any atom is 0.268 e. The van der Waals surface area contributed by atoms with Crippen LogP contribution in [0, 0.1) is 0 Å². The van der Waals surface area contributed by atoms with Crippen LogP contribution in [0.1, 0.15) is 10.7 Å². The van der Waals surface area contributed by atoms with Crippen molar-refractivity contribution in [2.45, 2.75) is 0 Å². The summed E-state index contributed by atoms with van der Waals surface area (Å²) in [6.45, 7) is 3.35. The van der Waals surface area contributed by atoms with Crippen molar-refractivity contribution in [3.63, 3.8) is 0 Å². The molecule has 0 saturated heterocycles. The highest BCUT2D eigenvalue weighted by atomic mass is 16.4. The fraction of sp³-hybridized carbons (Fsp3) is 0. The lowest BCUT2D eigenvalue weighted by Crippen LogP contribution is -1.91. The Morgan fingerprint density at radius 1 is 1.40 bits per heavy atom. The van der Waals surface area contributed by atoms with Gasteiger partial charge in [0.05, 0.1) is 6.20 Å². The fourth-order valence-electron chi connectivity index (χ4n) is 1.10. The first kappa shape index (κ1) is 9.33. The highest BCUT2D eigenvalue weighted by molar-refractivity contribution is 6.00. The van der Waals surface area contributed by atoms with Crippen LogP contribution in [0.4, 0.5) is 0 Å². The Hall–Kier alpha value is -2.23. The predicted molar refractivity (Wildman–Crippen MR) is 54.3 cm³/mol. The van der Waals surface area contributed by atoms with Gasteiger partial charge in [0.2, 0.25) is 5.78 Å². The number of pyridine rings is 1. The molecule has 0 N–H and O–H groups in total. The van der Waals surface area contributed by atoms with Crippen LogP contribution in [0.25, 0.3) is 11.5 Å². The third-order valence-corrected chi connectivity index (χ3v) is 1.82. The van der Waals surface area contributed by atoms with Crippen molar-refractivity contribution in [1.29, 1.82) is 0 Å². The number of hydrogen-bond donors (Lipinski definition) is 0. The zero-order chi connectivity index (χ0) is 10.7. The molecule has 0 saturated carbocycles. The van der Waals surface area contributed by atoms with Gasteiger partial charge in [-0.1, -0.05) is 12.6 Å². The number of allylic oxidation sites excluding steroid dienone is 1. The van der Waals surface area contributed by atoms with Gasteiger partial charge in [-0.3, -0.25) is 9.78 Å². The van der Waals surface area contributed by atoms with E-state index in [4.69, 9.17) is 4.42 Å². The molecule has 0 aliphatic heterocycles. The number of carbonyl (C=O) groups excluding carboxylic acids is 1. The molecule has 2 rings (SSSR count). The van der Waals surface area contributed by atoms with Gasteiger partial charge in [-0.15, -0.1) is 0 Å². The molecule has 0 aliphatic carbocycles. The van der Waals surface area contributed by atoms with E-state index < -0.39 is 0 Å². The number of ketones is 1. The number of nitrogens with zero attached hydrogens (tertiary/aromatic N) is 2. The summed E-state index contributed by atoms with van der Waals surface area (Å²) < 4.78 is 5.23. The van der Waals surface area contributed by atoms with E-state index in [1.165, 1.54) is 6.20 Å². The molecular formula is C11H8N2O2. The summed E-state index contributed by atoms with van der Waals surface area (Å²) in [6, 6.07) is 5.41. The lowest BCUT2D eigenvalue weighted by Gasteiger charge is -1.92. The Balaban J connectivity index is 2.36. The molecule has 0 radical (unpaired) electrons. The highest BCUT2D eigenvalue weighted by Crippen LogP contribution is 2.17. The average Bonchev–Trinajstić information content (AvgIpc) is 2.78. The van der Waals surface area contributed by atoms with E-state index in [1.54, 1.807) is 18.3 Å². The molecule has 0 fully saturated rings. The number of aromatic nitrogens is 2. The summed E-state index contributed by atoms with van der Waals surface area (Å²) in [5.41, 5.74) is 0.646. The van der Waals surface area contributed by atoms with Crippen molar-refractivity contribution >= 4 is 5.78 Å². The molecule has 0 atom stereocenters. The number of carbonyl (C=O) groups is 1. The molecule has 0 unspecified atom stereocenters. The van der Waals surface area contributed by atoms with E-state index >= 15 is 0 Å². The van der Waals surface area contributed by atoms with Gasteiger partial charge in [-0.2, -0.15) is 0 Å². The molecule has 4 nitrogen and oxygen atoms in total. The summed E-state index contributed by atoms with van der Waals surface area (Å²) in [4.78, 5) is 19.1. The Morgan fingerprint density at radius 3 is 2.93 bits per heavy atom. The first-order valence-corrected chi connectivity index (χ1v) is 4.35. The molecule has 74 valence electrons. The molecule has 0 aromatic carbocycles. The first-order valence-electron chi connectivity index (χ1n) is 4.35. The van der Waals surface area contributed by atoms with Gasteiger partial charge >= 0.3 is 0 Å². The summed E-state index contributed by atoms with van der Waals surface area (Å²) in [5, 5.41) is 0. The molecule has 2 aromatic heterocycles. The third kappa shape index (κ3) is 1.83. The Labute approximate surface area is 86.3 Å². The van der Waals surface area contributed by atoms with Crippen LogP contribution in [0.2, 0.25) is 0 Å². The van der Waals surface area contributed by atoms with Crippen molar-refractivity contribution in [2.24, 2.45) is 0 Å². The van der Waals surface area contributed by atoms with Crippen molar-refractivity contribution in [2.75, 3.05) is 0 Å². The summed E-state index contributed by atoms with van der Waals surface area (Å²) >= 11 is 0. The SMILES string of the molecule is C=CC(=O)c1ncc(-c2ccccn2)o1. The summed E-state index contributed by atoms with van der Waals surface area (Å²) in [7, 11) is 0. The van der Waals surface area contributed by atoms with Crippen LogP contribution in [-0.4, -0.2) is 15.8 Å². The second kappa shape index (κ2) is 3.88. The van der Waals surface area contributed by atoms with Crippen LogP contribution < -0.4 is 0 Å². The van der Waals surface area contributed by atoms with Gasteiger partial charge < -0.3 is 4.42 Å². The molecule has 2 heterocycles. The van der Waals surface area contributed by atoms with Crippen LogP contribution >= 0.6 is 0 Å². The van der Waals surface area contributed by atoms with E-state index in [0.29, 0.717) is 11.5 Å². The van der Waals surface area contributed by atoms with Crippen molar-refractivity contribution in [1.82, 2.24) is 9.97 Å². The minimum absolute atomic E-state index is 0.0330. The Kier molecular flexibility index (Phi) is 2.41. The third-order valence-electron chi connectivity index (χ3n) is 1.82.